The summed E-state index contributed by atoms with van der Waals surface area (Å²) in [6.07, 6.45) is 6.31. The number of aryl methyl sites for hydroxylation is 1. The number of allylic oxidation sites excluding steroid dienone is 1. The molecule has 64 valence electrons. The molecule has 0 atom stereocenters. The van der Waals surface area contributed by atoms with Gasteiger partial charge < -0.3 is 0 Å². The van der Waals surface area contributed by atoms with Gasteiger partial charge in [-0.2, -0.15) is 0 Å². The maximum absolute atomic E-state index is 5.32. The first-order chi connectivity index (χ1) is 6.19. The molecule has 0 unspecified atom stereocenters. The van der Waals surface area contributed by atoms with Crippen LogP contribution in [0.2, 0.25) is 0 Å². The molecule has 1 rings (SSSR count). The van der Waals surface area contributed by atoms with Crippen LogP contribution < -0.4 is 5.46 Å². The third-order valence-electron chi connectivity index (χ3n) is 2.14. The predicted octanol–water partition coefficient (Wildman–Crippen LogP) is 1.15. The van der Waals surface area contributed by atoms with Gasteiger partial charge in [0, 0.05) is 5.57 Å². The Morgan fingerprint density at radius 1 is 1.62 bits per heavy atom. The van der Waals surface area contributed by atoms with Crippen LogP contribution in [0, 0.1) is 12.3 Å². The lowest BCUT2D eigenvalue weighted by Gasteiger charge is -2.07. The molecule has 1 aromatic carbocycles. The maximum Gasteiger partial charge on any atom is 0.139 e. The van der Waals surface area contributed by atoms with Gasteiger partial charge in [-0.05, 0) is 17.5 Å². The van der Waals surface area contributed by atoms with Gasteiger partial charge in [0.15, 0.2) is 0 Å². The summed E-state index contributed by atoms with van der Waals surface area (Å²) in [5, 5.41) is 0. The standard InChI is InChI=1S/C12H13B/c1-4-9(3)12-7-6-11(13)8-10(12)5-2/h1,6-8H,3,5,13H2,2H3. The van der Waals surface area contributed by atoms with E-state index in [1.54, 1.807) is 0 Å². The van der Waals surface area contributed by atoms with Crippen LogP contribution in [-0.2, 0) is 6.42 Å². The highest BCUT2D eigenvalue weighted by Gasteiger charge is 2.02. The summed E-state index contributed by atoms with van der Waals surface area (Å²) in [6, 6.07) is 6.28. The number of benzene rings is 1. The normalized spacial score (nSPS) is 9.23. The molecule has 0 aliphatic rings. The summed E-state index contributed by atoms with van der Waals surface area (Å²) >= 11 is 0. The Bertz CT molecular complexity index is 369. The first-order valence-electron chi connectivity index (χ1n) is 4.44. The molecule has 0 fully saturated rings. The Labute approximate surface area is 81.1 Å². The van der Waals surface area contributed by atoms with E-state index in [0.29, 0.717) is 0 Å². The van der Waals surface area contributed by atoms with Crippen molar-refractivity contribution >= 4 is 18.9 Å². The number of terminal acetylenes is 1. The lowest BCUT2D eigenvalue weighted by Crippen LogP contribution is -2.04. The van der Waals surface area contributed by atoms with E-state index in [1.165, 1.54) is 11.0 Å². The first kappa shape index (κ1) is 9.67. The van der Waals surface area contributed by atoms with E-state index < -0.39 is 0 Å². The molecule has 1 aromatic rings. The van der Waals surface area contributed by atoms with Crippen molar-refractivity contribution in [3.8, 4) is 12.3 Å². The fourth-order valence-electron chi connectivity index (χ4n) is 1.39. The van der Waals surface area contributed by atoms with Crippen LogP contribution in [0.3, 0.4) is 0 Å². The Hall–Kier alpha value is -1.42. The molecule has 0 radical (unpaired) electrons. The summed E-state index contributed by atoms with van der Waals surface area (Å²) in [5.41, 5.74) is 4.43. The number of hydrogen-bond acceptors (Lipinski definition) is 0. The van der Waals surface area contributed by atoms with Crippen molar-refractivity contribution < 1.29 is 0 Å². The minimum Gasteiger partial charge on any atom is -0.115 e. The SMILES string of the molecule is Bc1ccc(C(=C)C#C)c(CC)c1. The van der Waals surface area contributed by atoms with E-state index in [9.17, 15) is 0 Å². The summed E-state index contributed by atoms with van der Waals surface area (Å²) < 4.78 is 0. The average molecular weight is 168 g/mol. The summed E-state index contributed by atoms with van der Waals surface area (Å²) in [6.45, 7) is 5.97. The second-order valence-corrected chi connectivity index (χ2v) is 3.14. The average Bonchev–Trinajstić information content (AvgIpc) is 2.16. The molecule has 13 heavy (non-hydrogen) atoms. The van der Waals surface area contributed by atoms with Crippen LogP contribution in [-0.4, -0.2) is 7.85 Å². The molecule has 0 saturated heterocycles. The van der Waals surface area contributed by atoms with Crippen LogP contribution in [0.4, 0.5) is 0 Å². The van der Waals surface area contributed by atoms with Crippen molar-refractivity contribution in [1.82, 2.24) is 0 Å². The van der Waals surface area contributed by atoms with Crippen molar-refractivity contribution in [2.45, 2.75) is 13.3 Å². The molecule has 0 heterocycles. The Balaban J connectivity index is 3.23. The molecule has 0 aliphatic carbocycles. The van der Waals surface area contributed by atoms with Crippen molar-refractivity contribution in [3.63, 3.8) is 0 Å². The molecule has 0 aliphatic heterocycles. The maximum atomic E-state index is 5.32. The van der Waals surface area contributed by atoms with E-state index in [0.717, 1.165) is 17.6 Å². The van der Waals surface area contributed by atoms with Gasteiger partial charge in [-0.15, -0.1) is 6.42 Å². The summed E-state index contributed by atoms with van der Waals surface area (Å²) in [5.74, 6) is 2.58. The highest BCUT2D eigenvalue weighted by molar-refractivity contribution is 6.32. The van der Waals surface area contributed by atoms with Gasteiger partial charge in [0.2, 0.25) is 0 Å². The van der Waals surface area contributed by atoms with Crippen LogP contribution >= 0.6 is 0 Å². The molecule has 0 aromatic heterocycles. The van der Waals surface area contributed by atoms with E-state index >= 15 is 0 Å². The molecule has 0 N–H and O–H groups in total. The largest absolute Gasteiger partial charge is 0.139 e. The van der Waals surface area contributed by atoms with Crippen molar-refractivity contribution in [2.75, 3.05) is 0 Å². The first-order valence-corrected chi connectivity index (χ1v) is 4.44. The number of rotatable bonds is 2. The van der Waals surface area contributed by atoms with Crippen molar-refractivity contribution in [3.05, 3.63) is 35.9 Å². The topological polar surface area (TPSA) is 0 Å². The Morgan fingerprint density at radius 2 is 2.31 bits per heavy atom. The predicted molar refractivity (Wildman–Crippen MR) is 61.9 cm³/mol. The third-order valence-corrected chi connectivity index (χ3v) is 2.14. The van der Waals surface area contributed by atoms with Gasteiger partial charge in [0.25, 0.3) is 0 Å². The smallest absolute Gasteiger partial charge is 0.115 e. The van der Waals surface area contributed by atoms with Crippen LogP contribution in [0.1, 0.15) is 18.1 Å². The van der Waals surface area contributed by atoms with E-state index in [1.807, 2.05) is 0 Å². The van der Waals surface area contributed by atoms with Gasteiger partial charge in [0.1, 0.15) is 7.85 Å². The van der Waals surface area contributed by atoms with Gasteiger partial charge in [-0.25, -0.2) is 0 Å². The highest BCUT2D eigenvalue weighted by atomic mass is 14.0. The van der Waals surface area contributed by atoms with Gasteiger partial charge in [-0.3, -0.25) is 0 Å². The minimum atomic E-state index is 0.775. The quantitative estimate of drug-likeness (QED) is 0.459. The van der Waals surface area contributed by atoms with Gasteiger partial charge in [-0.1, -0.05) is 43.1 Å². The fourth-order valence-corrected chi connectivity index (χ4v) is 1.39. The monoisotopic (exact) mass is 168 g/mol. The summed E-state index contributed by atoms with van der Waals surface area (Å²) in [7, 11) is 2.08. The van der Waals surface area contributed by atoms with Crippen LogP contribution in [0.5, 0.6) is 0 Å². The van der Waals surface area contributed by atoms with Gasteiger partial charge >= 0.3 is 0 Å². The molecule has 0 saturated carbocycles. The third kappa shape index (κ3) is 2.03. The lowest BCUT2D eigenvalue weighted by molar-refractivity contribution is 1.13. The molecule has 0 bridgehead atoms. The van der Waals surface area contributed by atoms with Gasteiger partial charge in [0.05, 0.1) is 0 Å². The van der Waals surface area contributed by atoms with E-state index in [2.05, 4.69) is 45.5 Å². The second kappa shape index (κ2) is 4.00. The van der Waals surface area contributed by atoms with E-state index in [4.69, 9.17) is 6.42 Å². The molecule has 1 heteroatoms. The molecular weight excluding hydrogens is 155 g/mol. The van der Waals surface area contributed by atoms with Crippen LogP contribution in [0.25, 0.3) is 5.57 Å². The zero-order valence-corrected chi connectivity index (χ0v) is 8.22. The van der Waals surface area contributed by atoms with Crippen LogP contribution in [0.15, 0.2) is 24.8 Å². The zero-order valence-electron chi connectivity index (χ0n) is 8.22. The lowest BCUT2D eigenvalue weighted by atomic mass is 9.89. The minimum absolute atomic E-state index is 0.775. The second-order valence-electron chi connectivity index (χ2n) is 3.14. The molecule has 0 nitrogen and oxygen atoms in total. The zero-order chi connectivity index (χ0) is 9.84. The molecular formula is C12H13B. The summed E-state index contributed by atoms with van der Waals surface area (Å²) in [4.78, 5) is 0. The fraction of sp³-hybridized carbons (Fsp3) is 0.167. The molecule has 0 spiro atoms. The van der Waals surface area contributed by atoms with E-state index in [-0.39, 0.29) is 0 Å². The van der Waals surface area contributed by atoms with Crippen molar-refractivity contribution in [1.29, 1.82) is 0 Å². The Morgan fingerprint density at radius 3 is 2.85 bits per heavy atom. The van der Waals surface area contributed by atoms with Crippen molar-refractivity contribution in [2.24, 2.45) is 0 Å². The highest BCUT2D eigenvalue weighted by Crippen LogP contribution is 2.16. The number of hydrogen-bond donors (Lipinski definition) is 0. The molecule has 0 amide bonds. The Kier molecular flexibility index (Phi) is 2.98.